The topological polar surface area (TPSA) is 46.9 Å². The largest absolute Gasteiger partial charge is 0.342 e. The molecular formula is C24H22ClN3O. The molecule has 0 radical (unpaired) electrons. The second-order valence-corrected chi connectivity index (χ2v) is 7.62. The summed E-state index contributed by atoms with van der Waals surface area (Å²) in [6.45, 7) is 4.72. The average Bonchev–Trinajstić information content (AvgIpc) is 3.07. The second kappa shape index (κ2) is 8.10. The Morgan fingerprint density at radius 1 is 1.07 bits per heavy atom. The Labute approximate surface area is 175 Å². The van der Waals surface area contributed by atoms with Gasteiger partial charge in [-0.1, -0.05) is 65.7 Å². The van der Waals surface area contributed by atoms with E-state index < -0.39 is 0 Å². The molecule has 0 saturated heterocycles. The molecule has 146 valence electrons. The van der Waals surface area contributed by atoms with Gasteiger partial charge in [-0.3, -0.25) is 4.79 Å². The maximum absolute atomic E-state index is 12.7. The highest BCUT2D eigenvalue weighted by Gasteiger charge is 2.20. The van der Waals surface area contributed by atoms with Crippen LogP contribution in [0.25, 0.3) is 11.0 Å². The molecule has 0 aliphatic rings. The zero-order valence-corrected chi connectivity index (χ0v) is 17.1. The van der Waals surface area contributed by atoms with Crippen LogP contribution >= 0.6 is 11.6 Å². The van der Waals surface area contributed by atoms with Crippen molar-refractivity contribution in [3.05, 3.63) is 100 Å². The van der Waals surface area contributed by atoms with Gasteiger partial charge in [0.25, 0.3) is 5.91 Å². The molecule has 0 fully saturated rings. The molecule has 0 bridgehead atoms. The van der Waals surface area contributed by atoms with E-state index in [0.717, 1.165) is 16.9 Å². The highest BCUT2D eigenvalue weighted by Crippen LogP contribution is 2.23. The second-order valence-electron chi connectivity index (χ2n) is 7.21. The zero-order chi connectivity index (χ0) is 20.4. The minimum atomic E-state index is -0.281. The fourth-order valence-corrected chi connectivity index (χ4v) is 3.79. The number of para-hydroxylation sites is 2. The molecule has 1 amide bonds. The number of carbonyl (C=O) groups is 1. The van der Waals surface area contributed by atoms with Crippen LogP contribution < -0.4 is 5.32 Å². The van der Waals surface area contributed by atoms with E-state index in [9.17, 15) is 4.79 Å². The number of nitrogens with one attached hydrogen (secondary N) is 1. The van der Waals surface area contributed by atoms with Crippen LogP contribution in [0.5, 0.6) is 0 Å². The van der Waals surface area contributed by atoms with Crippen LogP contribution in [0.15, 0.2) is 72.8 Å². The molecule has 1 heterocycles. The van der Waals surface area contributed by atoms with E-state index in [1.165, 1.54) is 11.1 Å². The number of fused-ring (bicyclic) bond motifs is 1. The number of amides is 1. The highest BCUT2D eigenvalue weighted by molar-refractivity contribution is 6.33. The summed E-state index contributed by atoms with van der Waals surface area (Å²) in [5.41, 5.74) is 4.83. The van der Waals surface area contributed by atoms with E-state index in [1.54, 1.807) is 18.2 Å². The Bertz CT molecular complexity index is 1180. The van der Waals surface area contributed by atoms with Gasteiger partial charge in [-0.05, 0) is 43.7 Å². The van der Waals surface area contributed by atoms with Crippen molar-refractivity contribution < 1.29 is 4.79 Å². The van der Waals surface area contributed by atoms with Crippen LogP contribution in [0.1, 0.15) is 40.3 Å². The van der Waals surface area contributed by atoms with Crippen molar-refractivity contribution in [2.75, 3.05) is 0 Å². The molecule has 29 heavy (non-hydrogen) atoms. The van der Waals surface area contributed by atoms with Gasteiger partial charge in [0.1, 0.15) is 5.82 Å². The molecule has 4 nitrogen and oxygen atoms in total. The van der Waals surface area contributed by atoms with Crippen LogP contribution in [0, 0.1) is 6.92 Å². The van der Waals surface area contributed by atoms with Crippen LogP contribution in [0.4, 0.5) is 0 Å². The fourth-order valence-electron chi connectivity index (χ4n) is 3.57. The third-order valence-corrected chi connectivity index (χ3v) is 5.29. The Balaban J connectivity index is 1.69. The summed E-state index contributed by atoms with van der Waals surface area (Å²) in [7, 11) is 0. The summed E-state index contributed by atoms with van der Waals surface area (Å²) in [4.78, 5) is 17.6. The Morgan fingerprint density at radius 3 is 2.62 bits per heavy atom. The number of nitrogens with zero attached hydrogens (tertiary/aromatic N) is 2. The van der Waals surface area contributed by atoms with Gasteiger partial charge < -0.3 is 9.88 Å². The summed E-state index contributed by atoms with van der Waals surface area (Å²) in [5.74, 6) is 0.602. The highest BCUT2D eigenvalue weighted by atomic mass is 35.5. The summed E-state index contributed by atoms with van der Waals surface area (Å²) < 4.78 is 2.17. The van der Waals surface area contributed by atoms with Crippen LogP contribution in [-0.4, -0.2) is 15.5 Å². The molecule has 4 rings (SSSR count). The van der Waals surface area contributed by atoms with E-state index >= 15 is 0 Å². The normalized spacial score (nSPS) is 12.1. The van der Waals surface area contributed by atoms with E-state index in [4.69, 9.17) is 16.6 Å². The molecule has 1 atom stereocenters. The predicted molar refractivity (Wildman–Crippen MR) is 117 cm³/mol. The van der Waals surface area contributed by atoms with Crippen molar-refractivity contribution in [1.29, 1.82) is 0 Å². The van der Waals surface area contributed by atoms with E-state index in [-0.39, 0.29) is 11.9 Å². The van der Waals surface area contributed by atoms with Crippen LogP contribution in [0.3, 0.4) is 0 Å². The molecule has 4 aromatic rings. The van der Waals surface area contributed by atoms with Crippen LogP contribution in [0.2, 0.25) is 5.02 Å². The predicted octanol–water partition coefficient (Wildman–Crippen LogP) is 5.54. The molecule has 1 N–H and O–H groups in total. The Hall–Kier alpha value is -3.11. The van der Waals surface area contributed by atoms with Gasteiger partial charge in [-0.15, -0.1) is 0 Å². The monoisotopic (exact) mass is 403 g/mol. The summed E-state index contributed by atoms with van der Waals surface area (Å²) >= 11 is 6.18. The average molecular weight is 404 g/mol. The van der Waals surface area contributed by atoms with Crippen molar-refractivity contribution in [2.45, 2.75) is 26.4 Å². The smallest absolute Gasteiger partial charge is 0.253 e. The minimum Gasteiger partial charge on any atom is -0.342 e. The van der Waals surface area contributed by atoms with Gasteiger partial charge in [0.05, 0.1) is 27.7 Å². The number of imidazole rings is 1. The lowest BCUT2D eigenvalue weighted by atomic mass is 10.1. The summed E-state index contributed by atoms with van der Waals surface area (Å²) in [6, 6.07) is 23.2. The summed E-state index contributed by atoms with van der Waals surface area (Å²) in [6.07, 6.45) is 0. The van der Waals surface area contributed by atoms with Gasteiger partial charge >= 0.3 is 0 Å². The third-order valence-electron chi connectivity index (χ3n) is 4.96. The van der Waals surface area contributed by atoms with Crippen LogP contribution in [-0.2, 0) is 6.54 Å². The number of aryl methyl sites for hydroxylation is 1. The first kappa shape index (κ1) is 19.2. The minimum absolute atomic E-state index is 0.211. The third kappa shape index (κ3) is 4.03. The molecule has 5 heteroatoms. The molecule has 1 aromatic heterocycles. The van der Waals surface area contributed by atoms with Gasteiger partial charge in [-0.25, -0.2) is 4.98 Å². The maximum atomic E-state index is 12.7. The first-order valence-electron chi connectivity index (χ1n) is 9.59. The lowest BCUT2D eigenvalue weighted by Crippen LogP contribution is -2.29. The molecule has 0 spiro atoms. The standard InChI is InChI=1S/C24H22ClN3O/c1-16-8-7-9-18(14-16)15-28-22-13-6-5-12-21(22)27-23(28)17(2)26-24(29)19-10-3-4-11-20(19)25/h3-14,17H,15H2,1-2H3,(H,26,29). The number of hydrogen-bond donors (Lipinski definition) is 1. The number of benzene rings is 3. The lowest BCUT2D eigenvalue weighted by Gasteiger charge is -2.17. The molecular weight excluding hydrogens is 382 g/mol. The SMILES string of the molecule is Cc1cccc(Cn2c(C(C)NC(=O)c3ccccc3Cl)nc3ccccc32)c1. The number of carbonyl (C=O) groups excluding carboxylic acids is 1. The lowest BCUT2D eigenvalue weighted by molar-refractivity contribution is 0.0938. The maximum Gasteiger partial charge on any atom is 0.253 e. The molecule has 0 saturated carbocycles. The zero-order valence-electron chi connectivity index (χ0n) is 16.4. The molecule has 3 aromatic carbocycles. The van der Waals surface area contributed by atoms with Crippen molar-refractivity contribution in [1.82, 2.24) is 14.9 Å². The van der Waals surface area contributed by atoms with E-state index in [1.807, 2.05) is 31.2 Å². The van der Waals surface area contributed by atoms with E-state index in [2.05, 4.69) is 47.1 Å². The van der Waals surface area contributed by atoms with E-state index in [0.29, 0.717) is 17.1 Å². The number of halogens is 1. The van der Waals surface area contributed by atoms with Crippen molar-refractivity contribution in [2.24, 2.45) is 0 Å². The van der Waals surface area contributed by atoms with Gasteiger partial charge in [0, 0.05) is 6.54 Å². The number of aromatic nitrogens is 2. The molecule has 0 aliphatic carbocycles. The fraction of sp³-hybridized carbons (Fsp3) is 0.167. The molecule has 1 unspecified atom stereocenters. The van der Waals surface area contributed by atoms with Crippen molar-refractivity contribution >= 4 is 28.5 Å². The number of rotatable bonds is 5. The Morgan fingerprint density at radius 2 is 1.83 bits per heavy atom. The quantitative estimate of drug-likeness (QED) is 0.475. The number of hydrogen-bond acceptors (Lipinski definition) is 2. The van der Waals surface area contributed by atoms with Gasteiger partial charge in [-0.2, -0.15) is 0 Å². The van der Waals surface area contributed by atoms with Gasteiger partial charge in [0.15, 0.2) is 0 Å². The summed E-state index contributed by atoms with van der Waals surface area (Å²) in [5, 5.41) is 3.48. The first-order chi connectivity index (χ1) is 14.0. The Kier molecular flexibility index (Phi) is 5.36. The van der Waals surface area contributed by atoms with Gasteiger partial charge in [0.2, 0.25) is 0 Å². The van der Waals surface area contributed by atoms with Crippen molar-refractivity contribution in [3.8, 4) is 0 Å². The molecule has 0 aliphatic heterocycles. The van der Waals surface area contributed by atoms with Crippen molar-refractivity contribution in [3.63, 3.8) is 0 Å². The first-order valence-corrected chi connectivity index (χ1v) is 9.97.